The van der Waals surface area contributed by atoms with Gasteiger partial charge in [0.25, 0.3) is 0 Å². The molecule has 0 spiro atoms. The van der Waals surface area contributed by atoms with Gasteiger partial charge in [-0.1, -0.05) is 60.6 Å². The first-order chi connectivity index (χ1) is 11.4. The van der Waals surface area contributed by atoms with E-state index < -0.39 is 5.97 Å². The molecule has 0 fully saturated rings. The van der Waals surface area contributed by atoms with Crippen LogP contribution in [0, 0.1) is 0 Å². The van der Waals surface area contributed by atoms with Crippen molar-refractivity contribution in [1.29, 1.82) is 0 Å². The minimum atomic E-state index is -0.769. The number of aliphatic carboxylic acids is 1. The van der Waals surface area contributed by atoms with Gasteiger partial charge in [-0.25, -0.2) is 0 Å². The lowest BCUT2D eigenvalue weighted by molar-refractivity contribution is -0.137. The molecule has 0 aromatic heterocycles. The van der Waals surface area contributed by atoms with E-state index >= 15 is 0 Å². The third kappa shape index (κ3) is 6.25. The highest BCUT2D eigenvalue weighted by molar-refractivity contribution is 7.99. The van der Waals surface area contributed by atoms with Crippen molar-refractivity contribution < 1.29 is 15.0 Å². The molecular formula is C21H34O3S. The van der Waals surface area contributed by atoms with Crippen LogP contribution in [0.5, 0.6) is 5.75 Å². The number of hydrogen-bond acceptors (Lipinski definition) is 3. The third-order valence-electron chi connectivity index (χ3n) is 4.46. The van der Waals surface area contributed by atoms with E-state index in [1.54, 1.807) is 0 Å². The lowest BCUT2D eigenvalue weighted by atomic mass is 9.76. The molecule has 0 saturated heterocycles. The number of thioether (sulfide) groups is 1. The van der Waals surface area contributed by atoms with E-state index in [0.717, 1.165) is 34.6 Å². The number of benzene rings is 1. The molecule has 0 aliphatic rings. The standard InChI is InChI=1S/C21H34O3S/c1-8-25-10-9-14(13-18(22)23)15-11-16(20(2,3)4)19(24)17(12-15)21(5,6)7/h11-12,14,24H,8-10,13H2,1-7H3,(H,22,23). The Morgan fingerprint density at radius 3 is 1.92 bits per heavy atom. The Bertz CT molecular complexity index is 559. The first kappa shape index (κ1) is 21.9. The molecule has 1 unspecified atom stereocenters. The van der Waals surface area contributed by atoms with Crippen LogP contribution in [-0.4, -0.2) is 27.7 Å². The van der Waals surface area contributed by atoms with Gasteiger partial charge in [0.2, 0.25) is 0 Å². The van der Waals surface area contributed by atoms with Crippen molar-refractivity contribution in [2.24, 2.45) is 0 Å². The minimum Gasteiger partial charge on any atom is -0.507 e. The Labute approximate surface area is 157 Å². The van der Waals surface area contributed by atoms with Gasteiger partial charge >= 0.3 is 5.97 Å². The molecule has 0 aliphatic heterocycles. The quantitative estimate of drug-likeness (QED) is 0.609. The third-order valence-corrected chi connectivity index (χ3v) is 5.39. The second-order valence-corrected chi connectivity index (χ2v) is 10.1. The monoisotopic (exact) mass is 366 g/mol. The number of carboxylic acids is 1. The molecule has 1 aromatic rings. The molecule has 1 rings (SSSR count). The summed E-state index contributed by atoms with van der Waals surface area (Å²) in [5.41, 5.74) is 2.42. The van der Waals surface area contributed by atoms with Gasteiger partial charge in [-0.15, -0.1) is 0 Å². The van der Waals surface area contributed by atoms with Crippen LogP contribution in [0.4, 0.5) is 0 Å². The summed E-state index contributed by atoms with van der Waals surface area (Å²) >= 11 is 1.84. The first-order valence-electron chi connectivity index (χ1n) is 9.05. The normalized spacial score (nSPS) is 13.7. The molecule has 1 aromatic carbocycles. The van der Waals surface area contributed by atoms with Crippen molar-refractivity contribution in [2.45, 2.75) is 78.1 Å². The zero-order valence-corrected chi connectivity index (χ0v) is 17.6. The zero-order valence-electron chi connectivity index (χ0n) is 16.8. The lowest BCUT2D eigenvalue weighted by Crippen LogP contribution is -2.19. The Hall–Kier alpha value is -1.16. The minimum absolute atomic E-state index is 0.0284. The van der Waals surface area contributed by atoms with Crippen molar-refractivity contribution in [3.63, 3.8) is 0 Å². The van der Waals surface area contributed by atoms with Crippen LogP contribution in [0.25, 0.3) is 0 Å². The van der Waals surface area contributed by atoms with Gasteiger partial charge in [0, 0.05) is 0 Å². The average molecular weight is 367 g/mol. The molecule has 25 heavy (non-hydrogen) atoms. The molecule has 1 atom stereocenters. The molecule has 0 amide bonds. The molecule has 0 heterocycles. The summed E-state index contributed by atoms with van der Waals surface area (Å²) in [6.45, 7) is 14.6. The molecule has 0 aliphatic carbocycles. The van der Waals surface area contributed by atoms with Gasteiger partial charge in [0.1, 0.15) is 5.75 Å². The number of carboxylic acid groups (broad SMARTS) is 1. The van der Waals surface area contributed by atoms with Crippen molar-refractivity contribution in [3.05, 3.63) is 28.8 Å². The predicted molar refractivity (Wildman–Crippen MR) is 108 cm³/mol. The van der Waals surface area contributed by atoms with Crippen LogP contribution >= 0.6 is 11.8 Å². The number of phenolic OH excluding ortho intramolecular Hbond substituents is 1. The van der Waals surface area contributed by atoms with Gasteiger partial charge in [-0.3, -0.25) is 4.79 Å². The van der Waals surface area contributed by atoms with E-state index in [0.29, 0.717) is 5.75 Å². The van der Waals surface area contributed by atoms with Gasteiger partial charge in [0.15, 0.2) is 0 Å². The Morgan fingerprint density at radius 1 is 1.08 bits per heavy atom. The van der Waals surface area contributed by atoms with Gasteiger partial charge in [-0.2, -0.15) is 11.8 Å². The summed E-state index contributed by atoms with van der Waals surface area (Å²) < 4.78 is 0. The van der Waals surface area contributed by atoms with Gasteiger partial charge < -0.3 is 10.2 Å². The molecular weight excluding hydrogens is 332 g/mol. The second-order valence-electron chi connectivity index (χ2n) is 8.75. The van der Waals surface area contributed by atoms with Crippen LogP contribution in [0.1, 0.15) is 83.9 Å². The van der Waals surface area contributed by atoms with Crippen LogP contribution < -0.4 is 0 Å². The molecule has 0 radical (unpaired) electrons. The van der Waals surface area contributed by atoms with E-state index in [1.165, 1.54) is 0 Å². The summed E-state index contributed by atoms with van der Waals surface area (Å²) in [5.74, 6) is 1.54. The summed E-state index contributed by atoms with van der Waals surface area (Å²) in [4.78, 5) is 11.4. The number of aromatic hydroxyl groups is 1. The van der Waals surface area contributed by atoms with E-state index in [4.69, 9.17) is 0 Å². The number of carbonyl (C=O) groups is 1. The smallest absolute Gasteiger partial charge is 0.303 e. The number of rotatable bonds is 7. The summed E-state index contributed by atoms with van der Waals surface area (Å²) in [5, 5.41) is 20.2. The average Bonchev–Trinajstić information content (AvgIpc) is 2.43. The summed E-state index contributed by atoms with van der Waals surface area (Å²) in [7, 11) is 0. The molecule has 2 N–H and O–H groups in total. The van der Waals surface area contributed by atoms with Crippen molar-refractivity contribution in [2.75, 3.05) is 11.5 Å². The number of hydrogen-bond donors (Lipinski definition) is 2. The maximum absolute atomic E-state index is 11.4. The van der Waals surface area contributed by atoms with E-state index in [-0.39, 0.29) is 23.2 Å². The van der Waals surface area contributed by atoms with Crippen LogP contribution in [0.15, 0.2) is 12.1 Å². The molecule has 142 valence electrons. The van der Waals surface area contributed by atoms with Crippen molar-refractivity contribution in [1.82, 2.24) is 0 Å². The molecule has 3 nitrogen and oxygen atoms in total. The number of phenols is 1. The predicted octanol–water partition coefficient (Wildman–Crippen LogP) is 5.69. The first-order valence-corrected chi connectivity index (χ1v) is 10.2. The fourth-order valence-corrected chi connectivity index (χ4v) is 3.74. The fraction of sp³-hybridized carbons (Fsp3) is 0.667. The Balaban J connectivity index is 3.45. The fourth-order valence-electron chi connectivity index (χ4n) is 3.00. The van der Waals surface area contributed by atoms with Crippen LogP contribution in [0.2, 0.25) is 0 Å². The van der Waals surface area contributed by atoms with Gasteiger partial charge in [-0.05, 0) is 51.4 Å². The lowest BCUT2D eigenvalue weighted by Gasteiger charge is -2.29. The highest BCUT2D eigenvalue weighted by atomic mass is 32.2. The zero-order chi connectivity index (χ0) is 19.4. The van der Waals surface area contributed by atoms with E-state index in [2.05, 4.69) is 48.5 Å². The van der Waals surface area contributed by atoms with Crippen LogP contribution in [0.3, 0.4) is 0 Å². The van der Waals surface area contributed by atoms with E-state index in [9.17, 15) is 15.0 Å². The Morgan fingerprint density at radius 2 is 1.56 bits per heavy atom. The molecule has 0 saturated carbocycles. The maximum Gasteiger partial charge on any atom is 0.303 e. The van der Waals surface area contributed by atoms with Crippen molar-refractivity contribution in [3.8, 4) is 5.75 Å². The summed E-state index contributed by atoms with van der Waals surface area (Å²) in [6.07, 6.45) is 0.963. The van der Waals surface area contributed by atoms with Crippen LogP contribution in [-0.2, 0) is 15.6 Å². The van der Waals surface area contributed by atoms with E-state index in [1.807, 2.05) is 23.9 Å². The van der Waals surface area contributed by atoms with Gasteiger partial charge in [0.05, 0.1) is 6.42 Å². The molecule has 4 heteroatoms. The van der Waals surface area contributed by atoms with Crippen molar-refractivity contribution >= 4 is 17.7 Å². The Kier molecular flexibility index (Phi) is 7.42. The molecule has 0 bridgehead atoms. The highest BCUT2D eigenvalue weighted by Gasteiger charge is 2.28. The summed E-state index contributed by atoms with van der Waals surface area (Å²) in [6, 6.07) is 4.05. The highest BCUT2D eigenvalue weighted by Crippen LogP contribution is 2.42. The topological polar surface area (TPSA) is 57.5 Å². The maximum atomic E-state index is 11.4. The second kappa shape index (κ2) is 8.48. The SMILES string of the molecule is CCSCCC(CC(=O)O)c1cc(C(C)(C)C)c(O)c(C(C)(C)C)c1. The largest absolute Gasteiger partial charge is 0.507 e.